The molecule has 1 rings (SSSR count). The number of aliphatic hydroxyl groups excluding tert-OH is 1. The predicted molar refractivity (Wildman–Crippen MR) is 45.0 cm³/mol. The first kappa shape index (κ1) is 10.2. The van der Waals surface area contributed by atoms with Crippen LogP contribution in [0.3, 0.4) is 0 Å². The van der Waals surface area contributed by atoms with Gasteiger partial charge in [-0.2, -0.15) is 0 Å². The number of esters is 1. The molecular weight excluding hydrogens is 172 g/mol. The number of ether oxygens (including phenoxy) is 1. The van der Waals surface area contributed by atoms with Gasteiger partial charge in [0.25, 0.3) is 0 Å². The highest BCUT2D eigenvalue weighted by Gasteiger charge is 2.47. The van der Waals surface area contributed by atoms with Gasteiger partial charge in [0.15, 0.2) is 5.78 Å². The van der Waals surface area contributed by atoms with Gasteiger partial charge in [-0.3, -0.25) is 9.59 Å². The van der Waals surface area contributed by atoms with Crippen molar-refractivity contribution < 1.29 is 19.4 Å². The molecule has 0 aromatic carbocycles. The van der Waals surface area contributed by atoms with E-state index in [1.54, 1.807) is 0 Å². The maximum atomic E-state index is 11.5. The molecule has 1 unspecified atom stereocenters. The zero-order valence-corrected chi connectivity index (χ0v) is 7.71. The van der Waals surface area contributed by atoms with Gasteiger partial charge in [-0.15, -0.1) is 0 Å². The van der Waals surface area contributed by atoms with Crippen LogP contribution in [0.5, 0.6) is 0 Å². The number of ketones is 1. The molecule has 0 radical (unpaired) electrons. The molecule has 1 aliphatic carbocycles. The fourth-order valence-electron chi connectivity index (χ4n) is 1.73. The quantitative estimate of drug-likeness (QED) is 0.497. The summed E-state index contributed by atoms with van der Waals surface area (Å²) >= 11 is 0. The molecule has 0 amide bonds. The Bertz CT molecular complexity index is 214. The van der Waals surface area contributed by atoms with Crippen molar-refractivity contribution in [3.63, 3.8) is 0 Å². The zero-order chi connectivity index (χ0) is 9.90. The second-order valence-electron chi connectivity index (χ2n) is 3.36. The molecule has 0 heterocycles. The fraction of sp³-hybridized carbons (Fsp3) is 0.778. The van der Waals surface area contributed by atoms with E-state index in [9.17, 15) is 9.59 Å². The van der Waals surface area contributed by atoms with Gasteiger partial charge in [-0.1, -0.05) is 6.42 Å². The molecule has 0 saturated heterocycles. The van der Waals surface area contributed by atoms with Gasteiger partial charge in [0.1, 0.15) is 5.41 Å². The van der Waals surface area contributed by atoms with E-state index in [0.29, 0.717) is 12.8 Å². The SMILES string of the molecule is COC(=O)C1(CO)CCCCC1=O. The maximum absolute atomic E-state index is 11.5. The van der Waals surface area contributed by atoms with Crippen molar-refractivity contribution in [3.05, 3.63) is 0 Å². The first-order chi connectivity index (χ1) is 6.17. The average Bonchev–Trinajstić information content (AvgIpc) is 2.18. The summed E-state index contributed by atoms with van der Waals surface area (Å²) in [6.07, 6.45) is 2.38. The summed E-state index contributed by atoms with van der Waals surface area (Å²) in [4.78, 5) is 22.8. The summed E-state index contributed by atoms with van der Waals surface area (Å²) in [6.45, 7) is -0.432. The van der Waals surface area contributed by atoms with Crippen LogP contribution in [-0.4, -0.2) is 30.6 Å². The second kappa shape index (κ2) is 3.87. The number of carbonyl (C=O) groups excluding carboxylic acids is 2. The Hall–Kier alpha value is -0.900. The van der Waals surface area contributed by atoms with Crippen molar-refractivity contribution in [2.24, 2.45) is 5.41 Å². The monoisotopic (exact) mass is 186 g/mol. The molecule has 0 bridgehead atoms. The minimum atomic E-state index is -1.26. The lowest BCUT2D eigenvalue weighted by Gasteiger charge is -2.30. The second-order valence-corrected chi connectivity index (χ2v) is 3.36. The topological polar surface area (TPSA) is 63.6 Å². The zero-order valence-electron chi connectivity index (χ0n) is 7.71. The Balaban J connectivity index is 2.88. The van der Waals surface area contributed by atoms with Crippen molar-refractivity contribution in [3.8, 4) is 0 Å². The number of carbonyl (C=O) groups is 2. The van der Waals surface area contributed by atoms with Crippen LogP contribution in [0.2, 0.25) is 0 Å². The molecule has 1 saturated carbocycles. The highest BCUT2D eigenvalue weighted by Crippen LogP contribution is 2.33. The fourth-order valence-corrected chi connectivity index (χ4v) is 1.73. The van der Waals surface area contributed by atoms with Crippen molar-refractivity contribution in [2.45, 2.75) is 25.7 Å². The van der Waals surface area contributed by atoms with Crippen molar-refractivity contribution in [1.82, 2.24) is 0 Å². The van der Waals surface area contributed by atoms with Crippen molar-refractivity contribution in [2.75, 3.05) is 13.7 Å². The molecule has 74 valence electrons. The molecule has 1 atom stereocenters. The largest absolute Gasteiger partial charge is 0.468 e. The number of hydrogen-bond acceptors (Lipinski definition) is 4. The maximum Gasteiger partial charge on any atom is 0.321 e. The lowest BCUT2D eigenvalue weighted by atomic mass is 9.73. The van der Waals surface area contributed by atoms with Crippen LogP contribution < -0.4 is 0 Å². The molecule has 0 spiro atoms. The van der Waals surface area contributed by atoms with E-state index in [2.05, 4.69) is 4.74 Å². The van der Waals surface area contributed by atoms with E-state index in [4.69, 9.17) is 5.11 Å². The number of hydrogen-bond donors (Lipinski definition) is 1. The molecule has 0 aromatic rings. The van der Waals surface area contributed by atoms with E-state index in [0.717, 1.165) is 12.8 Å². The van der Waals surface area contributed by atoms with Crippen LogP contribution in [0.25, 0.3) is 0 Å². The van der Waals surface area contributed by atoms with Crippen LogP contribution in [0.15, 0.2) is 0 Å². The highest BCUT2D eigenvalue weighted by molar-refractivity contribution is 6.04. The van der Waals surface area contributed by atoms with Crippen molar-refractivity contribution in [1.29, 1.82) is 0 Å². The van der Waals surface area contributed by atoms with E-state index in [1.807, 2.05) is 0 Å². The van der Waals surface area contributed by atoms with Crippen LogP contribution >= 0.6 is 0 Å². The molecule has 0 aromatic heterocycles. The third-order valence-corrected chi connectivity index (χ3v) is 2.64. The summed E-state index contributed by atoms with van der Waals surface area (Å²) in [7, 11) is 1.24. The van der Waals surface area contributed by atoms with Crippen LogP contribution in [0, 0.1) is 5.41 Å². The van der Waals surface area contributed by atoms with Crippen molar-refractivity contribution >= 4 is 11.8 Å². The lowest BCUT2D eigenvalue weighted by Crippen LogP contribution is -2.45. The molecule has 4 heteroatoms. The van der Waals surface area contributed by atoms with Crippen LogP contribution in [0.4, 0.5) is 0 Å². The third-order valence-electron chi connectivity index (χ3n) is 2.64. The molecule has 4 nitrogen and oxygen atoms in total. The van der Waals surface area contributed by atoms with E-state index < -0.39 is 18.0 Å². The summed E-state index contributed by atoms with van der Waals surface area (Å²) in [5.41, 5.74) is -1.26. The number of aliphatic hydroxyl groups is 1. The summed E-state index contributed by atoms with van der Waals surface area (Å²) in [5.74, 6) is -0.784. The number of rotatable bonds is 2. The highest BCUT2D eigenvalue weighted by atomic mass is 16.5. The third kappa shape index (κ3) is 1.58. The van der Waals surface area contributed by atoms with Gasteiger partial charge >= 0.3 is 5.97 Å². The standard InChI is InChI=1S/C9H14O4/c1-13-8(12)9(6-10)5-3-2-4-7(9)11/h10H,2-6H2,1H3. The minimum absolute atomic E-state index is 0.187. The first-order valence-electron chi connectivity index (χ1n) is 4.40. The smallest absolute Gasteiger partial charge is 0.321 e. The molecule has 1 fully saturated rings. The van der Waals surface area contributed by atoms with E-state index in [1.165, 1.54) is 7.11 Å². The van der Waals surface area contributed by atoms with Gasteiger partial charge in [0.05, 0.1) is 13.7 Å². The van der Waals surface area contributed by atoms with Gasteiger partial charge in [-0.25, -0.2) is 0 Å². The summed E-state index contributed by atoms with van der Waals surface area (Å²) in [5, 5.41) is 9.09. The molecule has 13 heavy (non-hydrogen) atoms. The number of Topliss-reactive ketones (excluding diaryl/α,β-unsaturated/α-hetero) is 1. The Kier molecular flexibility index (Phi) is 3.03. The van der Waals surface area contributed by atoms with Crippen LogP contribution in [-0.2, 0) is 14.3 Å². The Labute approximate surface area is 76.9 Å². The van der Waals surface area contributed by atoms with E-state index >= 15 is 0 Å². The lowest BCUT2D eigenvalue weighted by molar-refractivity contribution is -0.163. The van der Waals surface area contributed by atoms with Gasteiger partial charge in [0, 0.05) is 6.42 Å². The van der Waals surface area contributed by atoms with Crippen LogP contribution in [0.1, 0.15) is 25.7 Å². The Morgan fingerprint density at radius 2 is 2.31 bits per heavy atom. The number of methoxy groups -OCH3 is 1. The minimum Gasteiger partial charge on any atom is -0.468 e. The van der Waals surface area contributed by atoms with Gasteiger partial charge < -0.3 is 9.84 Å². The van der Waals surface area contributed by atoms with E-state index in [-0.39, 0.29) is 5.78 Å². The summed E-state index contributed by atoms with van der Waals surface area (Å²) in [6, 6.07) is 0. The van der Waals surface area contributed by atoms with Gasteiger partial charge in [-0.05, 0) is 12.8 Å². The first-order valence-corrected chi connectivity index (χ1v) is 4.40. The molecule has 0 aliphatic heterocycles. The Morgan fingerprint density at radius 3 is 2.77 bits per heavy atom. The normalized spacial score (nSPS) is 28.6. The summed E-state index contributed by atoms with van der Waals surface area (Å²) < 4.78 is 4.53. The molecule has 1 N–H and O–H groups in total. The van der Waals surface area contributed by atoms with Gasteiger partial charge in [0.2, 0.25) is 0 Å². The predicted octanol–water partition coefficient (Wildman–Crippen LogP) is 0.281. The molecule has 1 aliphatic rings. The molecular formula is C9H14O4. The Morgan fingerprint density at radius 1 is 1.62 bits per heavy atom. The average molecular weight is 186 g/mol.